The summed E-state index contributed by atoms with van der Waals surface area (Å²) in [5.74, 6) is 1.03. The predicted octanol–water partition coefficient (Wildman–Crippen LogP) is 2.76. The average Bonchev–Trinajstić information content (AvgIpc) is 2.77. The van der Waals surface area contributed by atoms with E-state index in [-0.39, 0.29) is 0 Å². The molecule has 0 radical (unpaired) electrons. The Bertz CT molecular complexity index is 157. The van der Waals surface area contributed by atoms with Crippen molar-refractivity contribution in [2.24, 2.45) is 0 Å². The van der Waals surface area contributed by atoms with Gasteiger partial charge < -0.3 is 5.32 Å². The monoisotopic (exact) mass is 199 g/mol. The van der Waals surface area contributed by atoms with Gasteiger partial charge >= 0.3 is 0 Å². The molecule has 0 amide bonds. The van der Waals surface area contributed by atoms with Crippen LogP contribution in [0.15, 0.2) is 0 Å². The highest BCUT2D eigenvalue weighted by Gasteiger charge is 2.34. The zero-order valence-corrected chi connectivity index (χ0v) is 9.28. The molecule has 1 N–H and O–H groups in total. The average molecular weight is 199 g/mol. The molecular weight excluding hydrogens is 178 g/mol. The maximum atomic E-state index is 4.51. The Kier molecular flexibility index (Phi) is 3.20. The summed E-state index contributed by atoms with van der Waals surface area (Å²) in [5.41, 5.74) is 0.415. The Balaban J connectivity index is 1.88. The molecule has 2 heteroatoms. The van der Waals surface area contributed by atoms with E-state index < -0.39 is 0 Å². The predicted molar refractivity (Wildman–Crippen MR) is 60.4 cm³/mol. The van der Waals surface area contributed by atoms with Gasteiger partial charge in [0, 0.05) is 17.3 Å². The van der Waals surface area contributed by atoms with Crippen molar-refractivity contribution in [1.29, 1.82) is 0 Å². The van der Waals surface area contributed by atoms with Crippen molar-refractivity contribution < 1.29 is 0 Å². The zero-order valence-electron chi connectivity index (χ0n) is 8.39. The van der Waals surface area contributed by atoms with E-state index in [4.69, 9.17) is 0 Å². The lowest BCUT2D eigenvalue weighted by Crippen LogP contribution is -2.49. The van der Waals surface area contributed by atoms with Crippen LogP contribution in [0.2, 0.25) is 0 Å². The Hall–Kier alpha value is 0.310. The van der Waals surface area contributed by atoms with Crippen LogP contribution in [0.4, 0.5) is 0 Å². The van der Waals surface area contributed by atoms with Gasteiger partial charge in [0.15, 0.2) is 0 Å². The second-order valence-corrected chi connectivity index (χ2v) is 5.09. The summed E-state index contributed by atoms with van der Waals surface area (Å²) in [4.78, 5) is 0. The molecule has 2 fully saturated rings. The summed E-state index contributed by atoms with van der Waals surface area (Å²) in [6.07, 6.45) is 11.2. The van der Waals surface area contributed by atoms with Gasteiger partial charge in [0.2, 0.25) is 0 Å². The molecule has 0 aliphatic heterocycles. The van der Waals surface area contributed by atoms with Crippen molar-refractivity contribution in [3.8, 4) is 0 Å². The van der Waals surface area contributed by atoms with E-state index in [2.05, 4.69) is 17.9 Å². The van der Waals surface area contributed by atoms with Crippen molar-refractivity contribution in [3.63, 3.8) is 0 Å². The Labute approximate surface area is 87.1 Å². The summed E-state index contributed by atoms with van der Waals surface area (Å²) in [5, 5.41) is 3.86. The van der Waals surface area contributed by atoms with Gasteiger partial charge in [-0.3, -0.25) is 0 Å². The molecule has 2 rings (SSSR count). The number of rotatable bonds is 3. The van der Waals surface area contributed by atoms with Gasteiger partial charge in [0.25, 0.3) is 0 Å². The van der Waals surface area contributed by atoms with Gasteiger partial charge in [-0.1, -0.05) is 25.7 Å². The molecule has 0 saturated heterocycles. The van der Waals surface area contributed by atoms with Crippen molar-refractivity contribution in [2.45, 2.75) is 62.9 Å². The molecule has 1 nitrogen and oxygen atoms in total. The molecule has 2 aliphatic rings. The van der Waals surface area contributed by atoms with E-state index in [0.29, 0.717) is 5.54 Å². The topological polar surface area (TPSA) is 12.0 Å². The normalized spacial score (nSPS) is 28.4. The van der Waals surface area contributed by atoms with Gasteiger partial charge in [-0.25, -0.2) is 0 Å². The van der Waals surface area contributed by atoms with Crippen molar-refractivity contribution in [2.75, 3.05) is 5.75 Å². The van der Waals surface area contributed by atoms with Crippen LogP contribution in [0.5, 0.6) is 0 Å². The minimum absolute atomic E-state index is 0.415. The third-order valence-electron chi connectivity index (χ3n) is 3.73. The van der Waals surface area contributed by atoms with E-state index in [1.54, 1.807) is 0 Å². The first kappa shape index (κ1) is 9.85. The summed E-state index contributed by atoms with van der Waals surface area (Å²) >= 11 is 4.51. The van der Waals surface area contributed by atoms with Crippen LogP contribution < -0.4 is 5.32 Å². The van der Waals surface area contributed by atoms with Crippen LogP contribution in [0.1, 0.15) is 51.4 Å². The lowest BCUT2D eigenvalue weighted by atomic mass is 9.98. The fourth-order valence-electron chi connectivity index (χ4n) is 2.90. The molecule has 0 aromatic carbocycles. The van der Waals surface area contributed by atoms with Gasteiger partial charge in [-0.05, 0) is 25.7 Å². The van der Waals surface area contributed by atoms with Gasteiger partial charge in [0.1, 0.15) is 0 Å². The molecule has 0 aromatic heterocycles. The molecule has 0 heterocycles. The van der Waals surface area contributed by atoms with Gasteiger partial charge in [-0.2, -0.15) is 12.6 Å². The summed E-state index contributed by atoms with van der Waals surface area (Å²) in [6, 6.07) is 0.810. The van der Waals surface area contributed by atoms with E-state index in [9.17, 15) is 0 Å². The van der Waals surface area contributed by atoms with E-state index in [1.165, 1.54) is 51.4 Å². The lowest BCUT2D eigenvalue weighted by molar-refractivity contribution is 0.322. The smallest absolute Gasteiger partial charge is 0.0271 e. The van der Waals surface area contributed by atoms with Crippen LogP contribution in [0.25, 0.3) is 0 Å². The minimum atomic E-state index is 0.415. The van der Waals surface area contributed by atoms with Crippen LogP contribution in [0.3, 0.4) is 0 Å². The molecule has 13 heavy (non-hydrogen) atoms. The minimum Gasteiger partial charge on any atom is -0.308 e. The van der Waals surface area contributed by atoms with Crippen LogP contribution in [-0.2, 0) is 0 Å². The third kappa shape index (κ3) is 2.21. The van der Waals surface area contributed by atoms with Crippen molar-refractivity contribution in [1.82, 2.24) is 5.32 Å². The molecule has 2 saturated carbocycles. The number of nitrogens with one attached hydrogen (secondary N) is 1. The summed E-state index contributed by atoms with van der Waals surface area (Å²) in [7, 11) is 0. The zero-order chi connectivity index (χ0) is 9.15. The van der Waals surface area contributed by atoms with Gasteiger partial charge in [-0.15, -0.1) is 0 Å². The first-order valence-electron chi connectivity index (χ1n) is 5.73. The lowest BCUT2D eigenvalue weighted by Gasteiger charge is -2.32. The summed E-state index contributed by atoms with van der Waals surface area (Å²) in [6.45, 7) is 0. The molecule has 0 unspecified atom stereocenters. The largest absolute Gasteiger partial charge is 0.308 e. The molecule has 76 valence electrons. The molecule has 0 atom stereocenters. The molecule has 0 aromatic rings. The molecule has 0 spiro atoms. The highest BCUT2D eigenvalue weighted by molar-refractivity contribution is 7.80. The molecular formula is C11H21NS. The fourth-order valence-corrected chi connectivity index (χ4v) is 3.31. The number of thiol groups is 1. The van der Waals surface area contributed by atoms with Crippen molar-refractivity contribution in [3.05, 3.63) is 0 Å². The maximum absolute atomic E-state index is 4.51. The fraction of sp³-hybridized carbons (Fsp3) is 1.00. The molecule has 0 bridgehead atoms. The van der Waals surface area contributed by atoms with Crippen LogP contribution in [-0.4, -0.2) is 17.3 Å². The Morgan fingerprint density at radius 1 is 1.08 bits per heavy atom. The first-order chi connectivity index (χ1) is 6.35. The SMILES string of the molecule is SCC1(NC2CCCC2)CCCC1. The highest BCUT2D eigenvalue weighted by Crippen LogP contribution is 2.33. The Morgan fingerprint density at radius 3 is 2.23 bits per heavy atom. The highest BCUT2D eigenvalue weighted by atomic mass is 32.1. The van der Waals surface area contributed by atoms with E-state index >= 15 is 0 Å². The first-order valence-corrected chi connectivity index (χ1v) is 6.36. The standard InChI is InChI=1S/C11H21NS/c13-9-11(7-3-4-8-11)12-10-5-1-2-6-10/h10,12-13H,1-9H2. The van der Waals surface area contributed by atoms with E-state index in [0.717, 1.165) is 11.8 Å². The second-order valence-electron chi connectivity index (χ2n) is 4.77. The Morgan fingerprint density at radius 2 is 1.69 bits per heavy atom. The third-order valence-corrected chi connectivity index (χ3v) is 4.33. The van der Waals surface area contributed by atoms with Gasteiger partial charge in [0.05, 0.1) is 0 Å². The number of hydrogen-bond donors (Lipinski definition) is 2. The maximum Gasteiger partial charge on any atom is 0.0271 e. The number of hydrogen-bond acceptors (Lipinski definition) is 2. The van der Waals surface area contributed by atoms with Crippen LogP contribution in [0, 0.1) is 0 Å². The summed E-state index contributed by atoms with van der Waals surface area (Å²) < 4.78 is 0. The van der Waals surface area contributed by atoms with Crippen LogP contribution >= 0.6 is 12.6 Å². The quantitative estimate of drug-likeness (QED) is 0.666. The van der Waals surface area contributed by atoms with Crippen molar-refractivity contribution >= 4 is 12.6 Å². The molecule has 2 aliphatic carbocycles. The second kappa shape index (κ2) is 4.22. The van der Waals surface area contributed by atoms with E-state index in [1.807, 2.05) is 0 Å².